The molecule has 0 spiro atoms. The van der Waals surface area contributed by atoms with Crippen LogP contribution in [0, 0.1) is 0 Å². The summed E-state index contributed by atoms with van der Waals surface area (Å²) in [5.41, 5.74) is -0.266. The Kier molecular flexibility index (Phi) is 4.52. The number of hydrogen-bond acceptors (Lipinski definition) is 5. The second-order valence-corrected chi connectivity index (χ2v) is 4.71. The zero-order chi connectivity index (χ0) is 13.7. The third-order valence-electron chi connectivity index (χ3n) is 3.37. The number of rotatable bonds is 4. The average Bonchev–Trinajstić information content (AvgIpc) is 2.47. The van der Waals surface area contributed by atoms with Crippen LogP contribution in [-0.2, 0) is 21.0 Å². The summed E-state index contributed by atoms with van der Waals surface area (Å²) in [6.45, 7) is 1.52. The molecule has 1 N–H and O–H groups in total. The van der Waals surface area contributed by atoms with Gasteiger partial charge < -0.3 is 9.84 Å². The monoisotopic (exact) mass is 265 g/mol. The van der Waals surface area contributed by atoms with Gasteiger partial charge in [-0.2, -0.15) is 5.06 Å². The van der Waals surface area contributed by atoms with Crippen molar-refractivity contribution in [2.75, 3.05) is 20.2 Å². The van der Waals surface area contributed by atoms with Crippen LogP contribution in [0.3, 0.4) is 0 Å². The van der Waals surface area contributed by atoms with Gasteiger partial charge in [0.05, 0.1) is 13.7 Å². The molecule has 5 nitrogen and oxygen atoms in total. The number of esters is 1. The van der Waals surface area contributed by atoms with Gasteiger partial charge in [0.2, 0.25) is 0 Å². The second kappa shape index (κ2) is 6.14. The van der Waals surface area contributed by atoms with Gasteiger partial charge in [0.15, 0.2) is 5.60 Å². The Morgan fingerprint density at radius 3 is 2.53 bits per heavy atom. The molecule has 0 saturated carbocycles. The van der Waals surface area contributed by atoms with Crippen LogP contribution in [0.4, 0.5) is 0 Å². The Hall–Kier alpha value is -1.43. The van der Waals surface area contributed by atoms with Crippen LogP contribution in [0.2, 0.25) is 0 Å². The Morgan fingerprint density at radius 1 is 1.32 bits per heavy atom. The first-order valence-electron chi connectivity index (χ1n) is 6.37. The molecule has 0 radical (unpaired) electrons. The van der Waals surface area contributed by atoms with Gasteiger partial charge in [0, 0.05) is 25.9 Å². The maximum absolute atomic E-state index is 11.4. The first-order chi connectivity index (χ1) is 9.14. The van der Waals surface area contributed by atoms with Gasteiger partial charge in [-0.25, -0.2) is 4.79 Å². The summed E-state index contributed by atoms with van der Waals surface area (Å²) in [5, 5.41) is 11.9. The maximum atomic E-state index is 11.4. The highest BCUT2D eigenvalue weighted by molar-refractivity contribution is 5.79. The summed E-state index contributed by atoms with van der Waals surface area (Å²) in [7, 11) is 1.29. The van der Waals surface area contributed by atoms with E-state index in [1.807, 2.05) is 30.3 Å². The normalized spacial score (nSPS) is 19.1. The maximum Gasteiger partial charge on any atom is 0.337 e. The van der Waals surface area contributed by atoms with Crippen molar-refractivity contribution >= 4 is 5.97 Å². The van der Waals surface area contributed by atoms with E-state index in [0.29, 0.717) is 32.5 Å². The van der Waals surface area contributed by atoms with Crippen LogP contribution < -0.4 is 0 Å². The number of carbonyl (C=O) groups excluding carboxylic acids is 1. The Balaban J connectivity index is 1.79. The number of hydrogen-bond donors (Lipinski definition) is 1. The fraction of sp³-hybridized carbons (Fsp3) is 0.500. The van der Waals surface area contributed by atoms with Crippen LogP contribution in [0.1, 0.15) is 18.4 Å². The van der Waals surface area contributed by atoms with E-state index in [1.165, 1.54) is 7.11 Å². The molecule has 1 saturated heterocycles. The number of ether oxygens (including phenoxy) is 1. The molecule has 1 aromatic rings. The standard InChI is InChI=1S/C14H19NO4/c1-18-13(16)14(17)7-9-15(10-8-14)19-11-12-5-3-2-4-6-12/h2-6,17H,7-11H2,1H3. The van der Waals surface area contributed by atoms with Gasteiger partial charge in [-0.15, -0.1) is 0 Å². The molecule has 104 valence electrons. The third-order valence-corrected chi connectivity index (χ3v) is 3.37. The van der Waals surface area contributed by atoms with E-state index < -0.39 is 11.6 Å². The quantitative estimate of drug-likeness (QED) is 0.827. The van der Waals surface area contributed by atoms with E-state index in [-0.39, 0.29) is 0 Å². The zero-order valence-corrected chi connectivity index (χ0v) is 11.0. The molecule has 1 aliphatic rings. The van der Waals surface area contributed by atoms with E-state index in [0.717, 1.165) is 5.56 Å². The lowest BCUT2D eigenvalue weighted by atomic mass is 9.92. The van der Waals surface area contributed by atoms with Crippen LogP contribution in [0.5, 0.6) is 0 Å². The first kappa shape index (κ1) is 14.0. The molecule has 2 rings (SSSR count). The summed E-state index contributed by atoms with van der Waals surface area (Å²) in [6, 6.07) is 9.88. The molecule has 1 aliphatic heterocycles. The molecule has 0 bridgehead atoms. The van der Waals surface area contributed by atoms with Crippen LogP contribution >= 0.6 is 0 Å². The van der Waals surface area contributed by atoms with E-state index >= 15 is 0 Å². The number of carbonyl (C=O) groups is 1. The van der Waals surface area contributed by atoms with Crippen molar-refractivity contribution in [1.29, 1.82) is 0 Å². The van der Waals surface area contributed by atoms with Crippen LogP contribution in [0.25, 0.3) is 0 Å². The molecule has 0 unspecified atom stereocenters. The highest BCUT2D eigenvalue weighted by atomic mass is 16.7. The van der Waals surface area contributed by atoms with E-state index in [9.17, 15) is 9.90 Å². The van der Waals surface area contributed by atoms with Gasteiger partial charge in [0.25, 0.3) is 0 Å². The summed E-state index contributed by atoms with van der Waals surface area (Å²) in [4.78, 5) is 17.1. The topological polar surface area (TPSA) is 59.0 Å². The molecule has 1 fully saturated rings. The van der Waals surface area contributed by atoms with Crippen molar-refractivity contribution in [2.24, 2.45) is 0 Å². The first-order valence-corrected chi connectivity index (χ1v) is 6.37. The predicted octanol–water partition coefficient (Wildman–Crippen LogP) is 1.12. The third kappa shape index (κ3) is 3.53. The van der Waals surface area contributed by atoms with Gasteiger partial charge in [-0.05, 0) is 5.56 Å². The molecule has 19 heavy (non-hydrogen) atoms. The Labute approximate surface area is 112 Å². The van der Waals surface area contributed by atoms with Crippen LogP contribution in [-0.4, -0.2) is 41.9 Å². The number of aliphatic hydroxyl groups is 1. The molecule has 0 aromatic heterocycles. The van der Waals surface area contributed by atoms with E-state index in [1.54, 1.807) is 5.06 Å². The van der Waals surface area contributed by atoms with E-state index in [2.05, 4.69) is 4.74 Å². The fourth-order valence-electron chi connectivity index (χ4n) is 2.12. The van der Waals surface area contributed by atoms with E-state index in [4.69, 9.17) is 4.84 Å². The zero-order valence-electron chi connectivity index (χ0n) is 11.0. The molecule has 0 atom stereocenters. The number of piperidine rings is 1. The summed E-state index contributed by atoms with van der Waals surface area (Å²) < 4.78 is 4.61. The van der Waals surface area contributed by atoms with Gasteiger partial charge in [-0.1, -0.05) is 30.3 Å². The summed E-state index contributed by atoms with van der Waals surface area (Å²) in [6.07, 6.45) is 0.656. The summed E-state index contributed by atoms with van der Waals surface area (Å²) in [5.74, 6) is -0.560. The Morgan fingerprint density at radius 2 is 1.95 bits per heavy atom. The number of nitrogens with zero attached hydrogens (tertiary/aromatic N) is 1. The molecule has 1 aromatic carbocycles. The lowest BCUT2D eigenvalue weighted by Gasteiger charge is -2.35. The minimum atomic E-state index is -1.36. The molecular formula is C14H19NO4. The smallest absolute Gasteiger partial charge is 0.337 e. The van der Waals surface area contributed by atoms with Crippen molar-refractivity contribution in [3.05, 3.63) is 35.9 Å². The minimum absolute atomic E-state index is 0.328. The SMILES string of the molecule is COC(=O)C1(O)CCN(OCc2ccccc2)CC1. The molecule has 1 heterocycles. The predicted molar refractivity (Wildman–Crippen MR) is 69.0 cm³/mol. The largest absolute Gasteiger partial charge is 0.467 e. The number of methoxy groups -OCH3 is 1. The minimum Gasteiger partial charge on any atom is -0.467 e. The summed E-state index contributed by atoms with van der Waals surface area (Å²) >= 11 is 0. The van der Waals surface area contributed by atoms with Crippen molar-refractivity contribution in [1.82, 2.24) is 5.06 Å². The lowest BCUT2D eigenvalue weighted by molar-refractivity contribution is -0.210. The van der Waals surface area contributed by atoms with Gasteiger partial charge >= 0.3 is 5.97 Å². The highest BCUT2D eigenvalue weighted by Gasteiger charge is 2.40. The molecule has 0 aliphatic carbocycles. The molecule has 5 heteroatoms. The van der Waals surface area contributed by atoms with Crippen molar-refractivity contribution in [3.63, 3.8) is 0 Å². The number of benzene rings is 1. The fourth-order valence-corrected chi connectivity index (χ4v) is 2.12. The highest BCUT2D eigenvalue weighted by Crippen LogP contribution is 2.23. The van der Waals surface area contributed by atoms with Crippen molar-refractivity contribution in [3.8, 4) is 0 Å². The van der Waals surface area contributed by atoms with Crippen LogP contribution in [0.15, 0.2) is 30.3 Å². The molecule has 0 amide bonds. The van der Waals surface area contributed by atoms with Crippen molar-refractivity contribution < 1.29 is 19.5 Å². The average molecular weight is 265 g/mol. The van der Waals surface area contributed by atoms with Gasteiger partial charge in [0.1, 0.15) is 0 Å². The molecular weight excluding hydrogens is 246 g/mol. The lowest BCUT2D eigenvalue weighted by Crippen LogP contribution is -2.49. The Bertz CT molecular complexity index is 413. The second-order valence-electron chi connectivity index (χ2n) is 4.71. The number of hydroxylamine groups is 2. The van der Waals surface area contributed by atoms with Gasteiger partial charge in [-0.3, -0.25) is 4.84 Å². The van der Waals surface area contributed by atoms with Crippen molar-refractivity contribution in [2.45, 2.75) is 25.0 Å².